The van der Waals surface area contributed by atoms with Crippen molar-refractivity contribution >= 4 is 17.6 Å². The summed E-state index contributed by atoms with van der Waals surface area (Å²) < 4.78 is 1.88. The topological polar surface area (TPSA) is 66.7 Å². The summed E-state index contributed by atoms with van der Waals surface area (Å²) in [6.07, 6.45) is 4.60. The number of nitrogens with one attached hydrogen (secondary N) is 1. The van der Waals surface area contributed by atoms with E-state index in [1.165, 1.54) is 4.90 Å². The minimum Gasteiger partial charge on any atom is -0.322 e. The highest BCUT2D eigenvalue weighted by molar-refractivity contribution is 6.07. The number of carbonyl (C=O) groups is 2. The Labute approximate surface area is 180 Å². The molecule has 1 saturated heterocycles. The second-order valence-electron chi connectivity index (χ2n) is 7.93. The quantitative estimate of drug-likeness (QED) is 0.494. The molecule has 31 heavy (non-hydrogen) atoms. The highest BCUT2D eigenvalue weighted by atomic mass is 16.2. The summed E-state index contributed by atoms with van der Waals surface area (Å²) in [6, 6.07) is 24.9. The van der Waals surface area contributed by atoms with E-state index in [4.69, 9.17) is 0 Å². The monoisotopic (exact) mass is 410 g/mol. The van der Waals surface area contributed by atoms with E-state index >= 15 is 0 Å². The van der Waals surface area contributed by atoms with Crippen LogP contribution in [0.2, 0.25) is 0 Å². The Morgan fingerprint density at radius 3 is 2.03 bits per heavy atom. The molecule has 0 bridgehead atoms. The minimum absolute atomic E-state index is 0.137. The zero-order valence-corrected chi connectivity index (χ0v) is 16.9. The van der Waals surface area contributed by atoms with Crippen LogP contribution in [0, 0.1) is 0 Å². The van der Waals surface area contributed by atoms with Gasteiger partial charge in [-0.25, -0.2) is 9.78 Å². The molecule has 4 aromatic rings. The predicted octanol–water partition coefficient (Wildman–Crippen LogP) is 3.61. The van der Waals surface area contributed by atoms with E-state index in [-0.39, 0.29) is 18.5 Å². The number of imide groups is 1. The number of rotatable bonds is 6. The van der Waals surface area contributed by atoms with Crippen LogP contribution in [0.4, 0.5) is 4.79 Å². The second kappa shape index (κ2) is 7.72. The molecule has 3 amide bonds. The van der Waals surface area contributed by atoms with E-state index in [1.807, 2.05) is 95.7 Å². The minimum atomic E-state index is -1.03. The summed E-state index contributed by atoms with van der Waals surface area (Å²) in [5.74, 6) is -0.220. The van der Waals surface area contributed by atoms with Crippen LogP contribution in [0.15, 0.2) is 91.3 Å². The Bertz CT molecular complexity index is 1160. The molecule has 5 rings (SSSR count). The number of fused-ring (bicyclic) bond motifs is 1. The maximum Gasteiger partial charge on any atom is 0.325 e. The lowest BCUT2D eigenvalue weighted by atomic mass is 9.84. The van der Waals surface area contributed by atoms with E-state index in [0.29, 0.717) is 18.5 Å². The van der Waals surface area contributed by atoms with Gasteiger partial charge >= 0.3 is 6.03 Å². The Morgan fingerprint density at radius 1 is 0.806 bits per heavy atom. The molecule has 0 spiro atoms. The third-order valence-corrected chi connectivity index (χ3v) is 5.68. The molecule has 6 nitrogen and oxygen atoms in total. The molecule has 2 aromatic heterocycles. The summed E-state index contributed by atoms with van der Waals surface area (Å²) in [6.45, 7) is 0.137. The SMILES string of the molecule is O=C1NC(Cc2ccccc2)(Cc2ccccc2)C(=O)N1Cc1cn2ccccc2n1. The van der Waals surface area contributed by atoms with Crippen LogP contribution in [-0.4, -0.2) is 31.8 Å². The van der Waals surface area contributed by atoms with Gasteiger partial charge in [0.15, 0.2) is 0 Å². The number of hydrogen-bond donors (Lipinski definition) is 1. The molecule has 1 N–H and O–H groups in total. The number of amides is 3. The first kappa shape index (κ1) is 19.1. The lowest BCUT2D eigenvalue weighted by molar-refractivity contribution is -0.131. The first-order valence-corrected chi connectivity index (χ1v) is 10.3. The maximum absolute atomic E-state index is 13.7. The van der Waals surface area contributed by atoms with Gasteiger partial charge in [0.1, 0.15) is 11.2 Å². The summed E-state index contributed by atoms with van der Waals surface area (Å²) in [4.78, 5) is 32.5. The van der Waals surface area contributed by atoms with Crippen molar-refractivity contribution in [3.05, 3.63) is 108 Å². The number of imidazole rings is 1. The molecule has 0 saturated carbocycles. The molecule has 6 heteroatoms. The van der Waals surface area contributed by atoms with Crippen molar-refractivity contribution < 1.29 is 9.59 Å². The van der Waals surface area contributed by atoms with Gasteiger partial charge in [-0.1, -0.05) is 66.7 Å². The van der Waals surface area contributed by atoms with Crippen LogP contribution in [0.1, 0.15) is 16.8 Å². The molecule has 1 aliphatic rings. The lowest BCUT2D eigenvalue weighted by Gasteiger charge is -2.27. The van der Waals surface area contributed by atoms with Crippen molar-refractivity contribution in [1.29, 1.82) is 0 Å². The van der Waals surface area contributed by atoms with Crippen LogP contribution < -0.4 is 5.32 Å². The molecular formula is C25H22N4O2. The van der Waals surface area contributed by atoms with Crippen molar-refractivity contribution in [2.24, 2.45) is 0 Å². The smallest absolute Gasteiger partial charge is 0.322 e. The maximum atomic E-state index is 13.7. The van der Waals surface area contributed by atoms with Gasteiger partial charge in [-0.15, -0.1) is 0 Å². The molecule has 3 heterocycles. The summed E-state index contributed by atoms with van der Waals surface area (Å²) in [7, 11) is 0. The molecule has 0 unspecified atom stereocenters. The molecule has 0 radical (unpaired) electrons. The van der Waals surface area contributed by atoms with Crippen molar-refractivity contribution in [2.45, 2.75) is 24.9 Å². The number of benzene rings is 2. The standard InChI is InChI=1S/C25H22N4O2/c30-23-25(15-19-9-3-1-4-10-19,16-20-11-5-2-6-12-20)27-24(31)29(23)18-21-17-28-14-8-7-13-22(28)26-21/h1-14,17H,15-16,18H2,(H,27,31). The molecule has 1 fully saturated rings. The zero-order valence-electron chi connectivity index (χ0n) is 16.9. The Kier molecular flexibility index (Phi) is 4.75. The van der Waals surface area contributed by atoms with Gasteiger partial charge < -0.3 is 9.72 Å². The van der Waals surface area contributed by atoms with Gasteiger partial charge in [0.05, 0.1) is 12.2 Å². The van der Waals surface area contributed by atoms with Gasteiger partial charge in [0, 0.05) is 25.2 Å². The molecule has 0 aliphatic carbocycles. The van der Waals surface area contributed by atoms with E-state index in [9.17, 15) is 9.59 Å². The van der Waals surface area contributed by atoms with E-state index in [0.717, 1.165) is 16.8 Å². The fourth-order valence-electron chi connectivity index (χ4n) is 4.24. The first-order valence-electron chi connectivity index (χ1n) is 10.3. The fraction of sp³-hybridized carbons (Fsp3) is 0.160. The number of pyridine rings is 1. The Morgan fingerprint density at radius 2 is 1.42 bits per heavy atom. The zero-order chi connectivity index (χ0) is 21.3. The molecule has 154 valence electrons. The number of nitrogens with zero attached hydrogens (tertiary/aromatic N) is 3. The van der Waals surface area contributed by atoms with E-state index in [2.05, 4.69) is 10.3 Å². The lowest BCUT2D eigenvalue weighted by Crippen LogP contribution is -2.51. The Hall–Kier alpha value is -3.93. The number of aromatic nitrogens is 2. The van der Waals surface area contributed by atoms with Gasteiger partial charge in [-0.05, 0) is 23.3 Å². The summed E-state index contributed by atoms with van der Waals surface area (Å²) >= 11 is 0. The summed E-state index contributed by atoms with van der Waals surface area (Å²) in [5, 5.41) is 3.02. The fourth-order valence-corrected chi connectivity index (χ4v) is 4.24. The number of carbonyl (C=O) groups excluding carboxylic acids is 2. The number of urea groups is 1. The normalized spacial score (nSPS) is 15.4. The van der Waals surface area contributed by atoms with Crippen molar-refractivity contribution in [2.75, 3.05) is 0 Å². The third kappa shape index (κ3) is 3.68. The molecule has 0 atom stereocenters. The van der Waals surface area contributed by atoms with Crippen molar-refractivity contribution in [3.63, 3.8) is 0 Å². The average Bonchev–Trinajstić information content (AvgIpc) is 3.29. The van der Waals surface area contributed by atoms with Crippen molar-refractivity contribution in [3.8, 4) is 0 Å². The molecule has 1 aliphatic heterocycles. The largest absolute Gasteiger partial charge is 0.325 e. The van der Waals surface area contributed by atoms with Crippen LogP contribution >= 0.6 is 0 Å². The van der Waals surface area contributed by atoms with Gasteiger partial charge in [0.2, 0.25) is 0 Å². The van der Waals surface area contributed by atoms with E-state index < -0.39 is 5.54 Å². The van der Waals surface area contributed by atoms with Crippen LogP contribution in [0.5, 0.6) is 0 Å². The van der Waals surface area contributed by atoms with Crippen LogP contribution in [0.25, 0.3) is 5.65 Å². The predicted molar refractivity (Wildman–Crippen MR) is 117 cm³/mol. The average molecular weight is 410 g/mol. The van der Waals surface area contributed by atoms with Crippen molar-refractivity contribution in [1.82, 2.24) is 19.6 Å². The van der Waals surface area contributed by atoms with Gasteiger partial charge in [0.25, 0.3) is 5.91 Å². The number of hydrogen-bond acceptors (Lipinski definition) is 3. The van der Waals surface area contributed by atoms with Gasteiger partial charge in [-0.2, -0.15) is 0 Å². The molecular weight excluding hydrogens is 388 g/mol. The van der Waals surface area contributed by atoms with Gasteiger partial charge in [-0.3, -0.25) is 9.69 Å². The summed E-state index contributed by atoms with van der Waals surface area (Å²) in [5.41, 5.74) is 2.43. The highest BCUT2D eigenvalue weighted by Crippen LogP contribution is 2.28. The Balaban J connectivity index is 1.47. The first-order chi connectivity index (χ1) is 15.1. The molecule has 2 aromatic carbocycles. The van der Waals surface area contributed by atoms with Crippen LogP contribution in [0.3, 0.4) is 0 Å². The highest BCUT2D eigenvalue weighted by Gasteiger charge is 2.51. The van der Waals surface area contributed by atoms with Crippen LogP contribution in [-0.2, 0) is 24.2 Å². The third-order valence-electron chi connectivity index (χ3n) is 5.68. The van der Waals surface area contributed by atoms with E-state index in [1.54, 1.807) is 0 Å². The second-order valence-corrected chi connectivity index (χ2v) is 7.93.